The van der Waals surface area contributed by atoms with Crippen molar-refractivity contribution in [3.63, 3.8) is 0 Å². The van der Waals surface area contributed by atoms with Crippen LogP contribution >= 0.6 is 0 Å². The minimum Gasteiger partial charge on any atom is -0.398 e. The maximum absolute atomic E-state index is 12.2. The van der Waals surface area contributed by atoms with Gasteiger partial charge in [-0.15, -0.1) is 0 Å². The number of nitrogens with two attached hydrogens (primary N) is 1. The van der Waals surface area contributed by atoms with Gasteiger partial charge in [-0.1, -0.05) is 18.2 Å². The van der Waals surface area contributed by atoms with Gasteiger partial charge in [0, 0.05) is 38.4 Å². The second kappa shape index (κ2) is 5.87. The molecule has 1 saturated heterocycles. The number of nitrogen functional groups attached to an aromatic ring is 1. The first kappa shape index (κ1) is 12.9. The minimum absolute atomic E-state index is 0.105. The Balaban J connectivity index is 1.96. The first-order valence-electron chi connectivity index (χ1n) is 6.34. The fourth-order valence-corrected chi connectivity index (χ4v) is 2.27. The zero-order valence-corrected chi connectivity index (χ0v) is 10.8. The highest BCUT2D eigenvalue weighted by Crippen LogP contribution is 2.19. The summed E-state index contributed by atoms with van der Waals surface area (Å²) < 4.78 is 5.28. The molecule has 18 heavy (non-hydrogen) atoms. The second-order valence-corrected chi connectivity index (χ2v) is 4.78. The van der Waals surface area contributed by atoms with Gasteiger partial charge in [-0.25, -0.2) is 0 Å². The maximum Gasteiger partial charge on any atom is 0.225 e. The number of benzene rings is 1. The monoisotopic (exact) mass is 248 g/mol. The molecule has 1 aromatic carbocycles. The van der Waals surface area contributed by atoms with Crippen LogP contribution in [0.4, 0.5) is 5.69 Å². The number of nitrogens with zero attached hydrogens (tertiary/aromatic N) is 1. The van der Waals surface area contributed by atoms with E-state index in [4.69, 9.17) is 10.5 Å². The molecule has 0 aromatic heterocycles. The lowest BCUT2D eigenvalue weighted by Gasteiger charge is -2.26. The Hall–Kier alpha value is -1.55. The van der Waals surface area contributed by atoms with E-state index in [0.717, 1.165) is 24.1 Å². The summed E-state index contributed by atoms with van der Waals surface area (Å²) in [6.45, 7) is 1.96. The number of carbonyl (C=O) groups excluding carboxylic acids is 1. The molecule has 0 saturated carbocycles. The molecule has 0 radical (unpaired) electrons. The number of anilines is 1. The van der Waals surface area contributed by atoms with E-state index in [-0.39, 0.29) is 11.8 Å². The van der Waals surface area contributed by atoms with Crippen molar-refractivity contribution in [3.05, 3.63) is 29.8 Å². The van der Waals surface area contributed by atoms with Crippen LogP contribution in [0, 0.1) is 5.92 Å². The van der Waals surface area contributed by atoms with Gasteiger partial charge in [0.25, 0.3) is 0 Å². The minimum atomic E-state index is 0.105. The lowest BCUT2D eigenvalue weighted by Crippen LogP contribution is -2.35. The molecule has 0 atom stereocenters. The highest BCUT2D eigenvalue weighted by molar-refractivity contribution is 5.78. The zero-order chi connectivity index (χ0) is 13.0. The van der Waals surface area contributed by atoms with Crippen molar-refractivity contribution < 1.29 is 9.53 Å². The molecule has 1 aliphatic heterocycles. The molecular formula is C14H20N2O2. The average Bonchev–Trinajstić information content (AvgIpc) is 2.41. The third kappa shape index (κ3) is 3.01. The predicted octanol–water partition coefficient (Wildman–Crippen LogP) is 1.65. The van der Waals surface area contributed by atoms with E-state index in [1.807, 2.05) is 31.3 Å². The molecule has 4 heteroatoms. The number of amides is 1. The van der Waals surface area contributed by atoms with Crippen LogP contribution in [0.3, 0.4) is 0 Å². The Morgan fingerprint density at radius 3 is 2.72 bits per heavy atom. The molecule has 1 aromatic rings. The van der Waals surface area contributed by atoms with E-state index in [2.05, 4.69) is 0 Å². The first-order valence-corrected chi connectivity index (χ1v) is 6.34. The van der Waals surface area contributed by atoms with Crippen LogP contribution in [0.25, 0.3) is 0 Å². The van der Waals surface area contributed by atoms with E-state index in [9.17, 15) is 4.79 Å². The summed E-state index contributed by atoms with van der Waals surface area (Å²) in [5, 5.41) is 0. The van der Waals surface area contributed by atoms with Crippen molar-refractivity contribution in [2.24, 2.45) is 5.92 Å². The molecule has 0 unspecified atom stereocenters. The lowest BCUT2D eigenvalue weighted by molar-refractivity contribution is -0.137. The summed E-state index contributed by atoms with van der Waals surface area (Å²) >= 11 is 0. The second-order valence-electron chi connectivity index (χ2n) is 4.78. The Bertz CT molecular complexity index is 414. The van der Waals surface area contributed by atoms with E-state index < -0.39 is 0 Å². The van der Waals surface area contributed by atoms with Crippen molar-refractivity contribution in [2.45, 2.75) is 19.4 Å². The van der Waals surface area contributed by atoms with Crippen molar-refractivity contribution in [2.75, 3.05) is 26.0 Å². The number of carbonyl (C=O) groups is 1. The summed E-state index contributed by atoms with van der Waals surface area (Å²) in [7, 11) is 1.84. The number of para-hydroxylation sites is 1. The first-order chi connectivity index (χ1) is 8.68. The summed E-state index contributed by atoms with van der Waals surface area (Å²) in [4.78, 5) is 14.0. The maximum atomic E-state index is 12.2. The van der Waals surface area contributed by atoms with Crippen LogP contribution in [-0.4, -0.2) is 31.1 Å². The van der Waals surface area contributed by atoms with Crippen molar-refractivity contribution in [3.8, 4) is 0 Å². The Morgan fingerprint density at radius 1 is 1.39 bits per heavy atom. The largest absolute Gasteiger partial charge is 0.398 e. The molecule has 1 fully saturated rings. The number of rotatable bonds is 3. The summed E-state index contributed by atoms with van der Waals surface area (Å²) in [5.41, 5.74) is 7.63. The molecule has 0 spiro atoms. The molecule has 1 amide bonds. The van der Waals surface area contributed by atoms with Gasteiger partial charge >= 0.3 is 0 Å². The van der Waals surface area contributed by atoms with E-state index in [1.165, 1.54) is 0 Å². The normalized spacial score (nSPS) is 16.5. The van der Waals surface area contributed by atoms with Crippen LogP contribution < -0.4 is 5.73 Å². The van der Waals surface area contributed by atoms with Gasteiger partial charge in [-0.3, -0.25) is 4.79 Å². The molecule has 1 heterocycles. The summed E-state index contributed by atoms with van der Waals surface area (Å²) in [6.07, 6.45) is 1.65. The van der Waals surface area contributed by atoms with Gasteiger partial charge < -0.3 is 15.4 Å². The fourth-order valence-electron chi connectivity index (χ4n) is 2.27. The molecule has 98 valence electrons. The third-order valence-electron chi connectivity index (χ3n) is 3.41. The van der Waals surface area contributed by atoms with Crippen LogP contribution in [0.2, 0.25) is 0 Å². The number of ether oxygens (including phenoxy) is 1. The summed E-state index contributed by atoms with van der Waals surface area (Å²) in [6, 6.07) is 7.67. The van der Waals surface area contributed by atoms with Gasteiger partial charge in [0.1, 0.15) is 0 Å². The lowest BCUT2D eigenvalue weighted by atomic mass is 9.98. The van der Waals surface area contributed by atoms with Gasteiger partial charge in [0.05, 0.1) is 0 Å². The number of hydrogen-bond donors (Lipinski definition) is 1. The zero-order valence-electron chi connectivity index (χ0n) is 10.8. The van der Waals surface area contributed by atoms with Crippen LogP contribution in [0.15, 0.2) is 24.3 Å². The topological polar surface area (TPSA) is 55.6 Å². The van der Waals surface area contributed by atoms with Crippen molar-refractivity contribution in [1.82, 2.24) is 4.90 Å². The van der Waals surface area contributed by atoms with Crippen LogP contribution in [-0.2, 0) is 16.1 Å². The standard InChI is InChI=1S/C14H20N2O2/c1-16(10-12-4-2-3-5-13(12)15)14(17)11-6-8-18-9-7-11/h2-5,11H,6-10,15H2,1H3. The van der Waals surface area contributed by atoms with Crippen LogP contribution in [0.1, 0.15) is 18.4 Å². The van der Waals surface area contributed by atoms with E-state index >= 15 is 0 Å². The van der Waals surface area contributed by atoms with Gasteiger partial charge in [0.2, 0.25) is 5.91 Å². The van der Waals surface area contributed by atoms with Gasteiger partial charge in [-0.05, 0) is 24.5 Å². The molecule has 4 nitrogen and oxygen atoms in total. The smallest absolute Gasteiger partial charge is 0.225 e. The van der Waals surface area contributed by atoms with Crippen molar-refractivity contribution in [1.29, 1.82) is 0 Å². The number of hydrogen-bond acceptors (Lipinski definition) is 3. The molecule has 2 N–H and O–H groups in total. The Labute approximate surface area is 108 Å². The Kier molecular flexibility index (Phi) is 4.20. The third-order valence-corrected chi connectivity index (χ3v) is 3.41. The quantitative estimate of drug-likeness (QED) is 0.828. The summed E-state index contributed by atoms with van der Waals surface area (Å²) in [5.74, 6) is 0.301. The molecular weight excluding hydrogens is 228 g/mol. The highest BCUT2D eigenvalue weighted by Gasteiger charge is 2.24. The predicted molar refractivity (Wildman–Crippen MR) is 70.9 cm³/mol. The van der Waals surface area contributed by atoms with Gasteiger partial charge in [-0.2, -0.15) is 0 Å². The van der Waals surface area contributed by atoms with Crippen LogP contribution in [0.5, 0.6) is 0 Å². The SMILES string of the molecule is CN(Cc1ccccc1N)C(=O)C1CCOCC1. The average molecular weight is 248 g/mol. The Morgan fingerprint density at radius 2 is 2.06 bits per heavy atom. The highest BCUT2D eigenvalue weighted by atomic mass is 16.5. The van der Waals surface area contributed by atoms with Gasteiger partial charge in [0.15, 0.2) is 0 Å². The van der Waals surface area contributed by atoms with E-state index in [1.54, 1.807) is 4.90 Å². The molecule has 1 aliphatic rings. The molecule has 0 bridgehead atoms. The molecule has 2 rings (SSSR count). The fraction of sp³-hybridized carbons (Fsp3) is 0.500. The van der Waals surface area contributed by atoms with Crippen molar-refractivity contribution >= 4 is 11.6 Å². The van der Waals surface area contributed by atoms with E-state index in [0.29, 0.717) is 19.8 Å². The molecule has 0 aliphatic carbocycles.